The monoisotopic (exact) mass is 313 g/mol. The number of carbonyl (C=O) groups excluding carboxylic acids is 1. The second-order valence-electron chi connectivity index (χ2n) is 6.48. The van der Waals surface area contributed by atoms with Crippen LogP contribution in [-0.2, 0) is 0 Å². The largest absolute Gasteiger partial charge is 0.350 e. The number of carbonyl (C=O) groups is 1. The first-order valence-electron chi connectivity index (χ1n) is 8.18. The van der Waals surface area contributed by atoms with Crippen LogP contribution in [0.25, 0.3) is 11.3 Å². The first-order chi connectivity index (χ1) is 11.2. The summed E-state index contributed by atoms with van der Waals surface area (Å²) in [4.78, 5) is 17.9. The lowest BCUT2D eigenvalue weighted by Crippen LogP contribution is -2.57. The average molecular weight is 313 g/mol. The molecule has 23 heavy (non-hydrogen) atoms. The highest BCUT2D eigenvalue weighted by Crippen LogP contribution is 2.28. The van der Waals surface area contributed by atoms with E-state index in [1.165, 1.54) is 6.07 Å². The molecule has 2 bridgehead atoms. The van der Waals surface area contributed by atoms with E-state index >= 15 is 0 Å². The quantitative estimate of drug-likeness (QED) is 0.915. The summed E-state index contributed by atoms with van der Waals surface area (Å²) in [7, 11) is 0. The minimum atomic E-state index is -0.293. The van der Waals surface area contributed by atoms with E-state index in [9.17, 15) is 9.18 Å². The number of rotatable bonds is 3. The van der Waals surface area contributed by atoms with Gasteiger partial charge in [-0.25, -0.2) is 4.39 Å². The van der Waals surface area contributed by atoms with Crippen molar-refractivity contribution >= 4 is 5.91 Å². The maximum Gasteiger partial charge on any atom is 0.267 e. The van der Waals surface area contributed by atoms with Crippen molar-refractivity contribution in [3.05, 3.63) is 47.9 Å². The number of fused-ring (bicyclic) bond motifs is 3. The van der Waals surface area contributed by atoms with Crippen molar-refractivity contribution < 1.29 is 9.18 Å². The molecule has 3 saturated heterocycles. The van der Waals surface area contributed by atoms with Gasteiger partial charge in [0.1, 0.15) is 11.5 Å². The molecule has 2 N–H and O–H groups in total. The summed E-state index contributed by atoms with van der Waals surface area (Å²) in [5, 5.41) is 3.14. The van der Waals surface area contributed by atoms with Crippen LogP contribution < -0.4 is 5.32 Å². The Morgan fingerprint density at radius 1 is 1.17 bits per heavy atom. The van der Waals surface area contributed by atoms with E-state index in [0.717, 1.165) is 32.5 Å². The molecule has 4 heterocycles. The van der Waals surface area contributed by atoms with E-state index in [1.54, 1.807) is 30.3 Å². The first-order valence-corrected chi connectivity index (χ1v) is 8.18. The molecule has 5 rings (SSSR count). The minimum absolute atomic E-state index is 0.105. The predicted octanol–water partition coefficient (Wildman–Crippen LogP) is 2.64. The molecule has 0 saturated carbocycles. The Bertz CT molecular complexity index is 719. The molecule has 5 heteroatoms. The molecule has 3 aliphatic heterocycles. The van der Waals surface area contributed by atoms with Gasteiger partial charge >= 0.3 is 0 Å². The number of piperidine rings is 3. The first kappa shape index (κ1) is 14.5. The normalized spacial score (nSPS) is 26.2. The van der Waals surface area contributed by atoms with Crippen molar-refractivity contribution in [2.75, 3.05) is 19.6 Å². The summed E-state index contributed by atoms with van der Waals surface area (Å²) < 4.78 is 13.8. The maximum atomic E-state index is 13.8. The Morgan fingerprint density at radius 3 is 2.65 bits per heavy atom. The molecule has 2 aromatic rings. The molecule has 120 valence electrons. The number of H-pyrrole nitrogens is 1. The van der Waals surface area contributed by atoms with Gasteiger partial charge in [-0.2, -0.15) is 0 Å². The van der Waals surface area contributed by atoms with Gasteiger partial charge in [0.25, 0.3) is 5.91 Å². The van der Waals surface area contributed by atoms with Gasteiger partial charge < -0.3 is 15.2 Å². The maximum absolute atomic E-state index is 13.8. The van der Waals surface area contributed by atoms with Crippen LogP contribution in [0.5, 0.6) is 0 Å². The number of amides is 1. The van der Waals surface area contributed by atoms with E-state index in [-0.39, 0.29) is 17.8 Å². The van der Waals surface area contributed by atoms with Crippen molar-refractivity contribution in [2.24, 2.45) is 5.92 Å². The second kappa shape index (κ2) is 5.81. The van der Waals surface area contributed by atoms with Crippen LogP contribution >= 0.6 is 0 Å². The van der Waals surface area contributed by atoms with E-state index < -0.39 is 0 Å². The molecule has 1 aromatic heterocycles. The van der Waals surface area contributed by atoms with Crippen LogP contribution in [0.4, 0.5) is 4.39 Å². The molecular formula is C18H20FN3O. The topological polar surface area (TPSA) is 48.1 Å². The van der Waals surface area contributed by atoms with Gasteiger partial charge in [0.05, 0.1) is 0 Å². The number of aromatic nitrogens is 1. The summed E-state index contributed by atoms with van der Waals surface area (Å²) in [5.41, 5.74) is 1.59. The molecule has 0 unspecified atom stereocenters. The highest BCUT2D eigenvalue weighted by atomic mass is 19.1. The summed E-state index contributed by atoms with van der Waals surface area (Å²) in [6, 6.07) is 10.3. The van der Waals surface area contributed by atoms with E-state index in [4.69, 9.17) is 0 Å². The van der Waals surface area contributed by atoms with Gasteiger partial charge in [0.15, 0.2) is 0 Å². The van der Waals surface area contributed by atoms with Crippen molar-refractivity contribution in [2.45, 2.75) is 18.9 Å². The van der Waals surface area contributed by atoms with Crippen LogP contribution in [0.2, 0.25) is 0 Å². The van der Waals surface area contributed by atoms with Gasteiger partial charge in [0.2, 0.25) is 0 Å². The zero-order valence-electron chi connectivity index (χ0n) is 12.9. The Hall–Kier alpha value is -2.14. The van der Waals surface area contributed by atoms with Gasteiger partial charge in [-0.1, -0.05) is 12.1 Å². The lowest BCUT2D eigenvalue weighted by Gasteiger charge is -2.44. The van der Waals surface area contributed by atoms with Gasteiger partial charge in [-0.05, 0) is 56.1 Å². The number of aromatic amines is 1. The molecule has 1 amide bonds. The predicted molar refractivity (Wildman–Crippen MR) is 86.6 cm³/mol. The highest BCUT2D eigenvalue weighted by Gasteiger charge is 2.35. The SMILES string of the molecule is O=C(N[C@H]1CN2CCC1CC2)c1ccc(-c2ccccc2F)[nH]1. The number of halogens is 1. The van der Waals surface area contributed by atoms with Crippen molar-refractivity contribution in [3.63, 3.8) is 0 Å². The van der Waals surface area contributed by atoms with E-state index in [0.29, 0.717) is 22.9 Å². The number of nitrogens with one attached hydrogen (secondary N) is 2. The van der Waals surface area contributed by atoms with Gasteiger partial charge in [-0.3, -0.25) is 4.79 Å². The Morgan fingerprint density at radius 2 is 1.96 bits per heavy atom. The smallest absolute Gasteiger partial charge is 0.267 e. The lowest BCUT2D eigenvalue weighted by atomic mass is 9.84. The fourth-order valence-electron chi connectivity index (χ4n) is 3.74. The Balaban J connectivity index is 1.48. The molecule has 3 fully saturated rings. The molecule has 3 aliphatic rings. The lowest BCUT2D eigenvalue weighted by molar-refractivity contribution is 0.0618. The van der Waals surface area contributed by atoms with Crippen molar-refractivity contribution in [3.8, 4) is 11.3 Å². The zero-order chi connectivity index (χ0) is 15.8. The highest BCUT2D eigenvalue weighted by molar-refractivity contribution is 5.93. The fraction of sp³-hybridized carbons (Fsp3) is 0.389. The average Bonchev–Trinajstić information content (AvgIpc) is 3.06. The summed E-state index contributed by atoms with van der Waals surface area (Å²) >= 11 is 0. The van der Waals surface area contributed by atoms with Crippen molar-refractivity contribution in [1.82, 2.24) is 15.2 Å². The number of nitrogens with zero attached hydrogens (tertiary/aromatic N) is 1. The van der Waals surface area contributed by atoms with Crippen LogP contribution in [0.1, 0.15) is 23.3 Å². The van der Waals surface area contributed by atoms with Crippen LogP contribution in [0.15, 0.2) is 36.4 Å². The third kappa shape index (κ3) is 2.77. The summed E-state index contributed by atoms with van der Waals surface area (Å²) in [6.07, 6.45) is 2.33. The van der Waals surface area contributed by atoms with Crippen LogP contribution in [0, 0.1) is 11.7 Å². The molecule has 1 atom stereocenters. The summed E-state index contributed by atoms with van der Waals surface area (Å²) in [6.45, 7) is 3.24. The number of benzene rings is 1. The van der Waals surface area contributed by atoms with Gasteiger partial charge in [-0.15, -0.1) is 0 Å². The second-order valence-corrected chi connectivity index (χ2v) is 6.48. The Labute approximate surface area is 134 Å². The molecule has 0 spiro atoms. The standard InChI is InChI=1S/C18H20FN3O/c19-14-4-2-1-3-13(14)15-5-6-16(20-15)18(23)21-17-11-22-9-7-12(17)8-10-22/h1-6,12,17,20H,7-11H2,(H,21,23)/t17-/m0/s1. The Kier molecular flexibility index (Phi) is 3.65. The molecule has 0 aliphatic carbocycles. The van der Waals surface area contributed by atoms with Crippen LogP contribution in [0.3, 0.4) is 0 Å². The molecule has 4 nitrogen and oxygen atoms in total. The molecule has 1 aromatic carbocycles. The molecule has 0 radical (unpaired) electrons. The zero-order valence-corrected chi connectivity index (χ0v) is 12.9. The number of hydrogen-bond acceptors (Lipinski definition) is 2. The van der Waals surface area contributed by atoms with Gasteiger partial charge in [0, 0.05) is 23.8 Å². The van der Waals surface area contributed by atoms with Crippen molar-refractivity contribution in [1.29, 1.82) is 0 Å². The fourth-order valence-corrected chi connectivity index (χ4v) is 3.74. The van der Waals surface area contributed by atoms with E-state index in [1.807, 2.05) is 0 Å². The van der Waals surface area contributed by atoms with E-state index in [2.05, 4.69) is 15.2 Å². The molecular weight excluding hydrogens is 293 g/mol. The third-order valence-corrected chi connectivity index (χ3v) is 5.07. The minimum Gasteiger partial charge on any atom is -0.350 e. The number of hydrogen-bond donors (Lipinski definition) is 2. The summed E-state index contributed by atoms with van der Waals surface area (Å²) in [5.74, 6) is 0.190. The van der Waals surface area contributed by atoms with Crippen LogP contribution in [-0.4, -0.2) is 41.5 Å². The third-order valence-electron chi connectivity index (χ3n) is 5.07.